The lowest BCUT2D eigenvalue weighted by Crippen LogP contribution is -2.53. The first-order valence-electron chi connectivity index (χ1n) is 10.4. The highest BCUT2D eigenvalue weighted by Crippen LogP contribution is 2.40. The minimum absolute atomic E-state index is 0. The van der Waals surface area contributed by atoms with E-state index < -0.39 is 6.04 Å². The molecule has 160 valence electrons. The Morgan fingerprint density at radius 1 is 1.13 bits per heavy atom. The molecule has 5 rings (SSSR count). The molecule has 2 saturated heterocycles. The van der Waals surface area contributed by atoms with Crippen molar-refractivity contribution in [1.29, 1.82) is 0 Å². The van der Waals surface area contributed by atoms with Crippen molar-refractivity contribution in [2.75, 3.05) is 31.9 Å². The molecule has 0 aliphatic carbocycles. The maximum Gasteiger partial charge on any atom is 0.251 e. The van der Waals surface area contributed by atoms with E-state index in [9.17, 15) is 9.59 Å². The number of nitrogen functional groups attached to an aromatic ring is 1. The largest absolute Gasteiger partial charge is 0.368 e. The quantitative estimate of drug-likeness (QED) is 0.743. The van der Waals surface area contributed by atoms with Crippen molar-refractivity contribution in [3.8, 4) is 0 Å². The van der Waals surface area contributed by atoms with E-state index in [4.69, 9.17) is 5.73 Å². The average Bonchev–Trinajstić information content (AvgIpc) is 2.75. The molecule has 3 N–H and O–H groups in total. The first kappa shape index (κ1) is 20.8. The summed E-state index contributed by atoms with van der Waals surface area (Å²) in [6, 6.07) is 6.88. The number of anilines is 1. The number of pyridine rings is 1. The van der Waals surface area contributed by atoms with Crippen molar-refractivity contribution >= 4 is 24.3 Å². The number of piperidine rings is 2. The number of halogens is 1. The highest BCUT2D eigenvalue weighted by atomic mass is 35.5. The molecule has 0 spiro atoms. The van der Waals surface area contributed by atoms with Gasteiger partial charge in [0.25, 0.3) is 5.56 Å². The third-order valence-electron chi connectivity index (χ3n) is 6.72. The molecule has 0 unspecified atom stereocenters. The van der Waals surface area contributed by atoms with Gasteiger partial charge >= 0.3 is 0 Å². The summed E-state index contributed by atoms with van der Waals surface area (Å²) in [6.45, 7) is 2.99. The van der Waals surface area contributed by atoms with E-state index in [1.807, 2.05) is 23.1 Å². The second-order valence-electron chi connectivity index (χ2n) is 8.39. The van der Waals surface area contributed by atoms with Crippen LogP contribution in [0.2, 0.25) is 0 Å². The standard InChI is InChI=1S/C21H26N6O2.ClH/c22-21-24-7-4-16(25-21)13-5-8-26(9-6-13)20(29)19-15-10-14(11-23-12-15)17-2-1-3-18(28)27(17)19;/h1-4,7,13-15,19,23H,5-6,8-12H2,(H2,22,24,25);1H/t14-,15+,19-;/m1./s1. The molecule has 1 amide bonds. The highest BCUT2D eigenvalue weighted by Gasteiger charge is 2.43. The summed E-state index contributed by atoms with van der Waals surface area (Å²) >= 11 is 0. The molecular weight excluding hydrogens is 404 g/mol. The number of carbonyl (C=O) groups is 1. The maximum atomic E-state index is 13.6. The molecule has 0 radical (unpaired) electrons. The fourth-order valence-corrected chi connectivity index (χ4v) is 5.31. The molecular formula is C21H27ClN6O2. The van der Waals surface area contributed by atoms with Crippen LogP contribution < -0.4 is 16.6 Å². The van der Waals surface area contributed by atoms with E-state index in [2.05, 4.69) is 15.3 Å². The summed E-state index contributed by atoms with van der Waals surface area (Å²) in [7, 11) is 0. The Labute approximate surface area is 181 Å². The van der Waals surface area contributed by atoms with Gasteiger partial charge in [-0.2, -0.15) is 0 Å². The summed E-state index contributed by atoms with van der Waals surface area (Å²) in [5.74, 6) is 1.12. The van der Waals surface area contributed by atoms with Crippen LogP contribution >= 0.6 is 12.4 Å². The van der Waals surface area contributed by atoms with Gasteiger partial charge in [0.05, 0.1) is 0 Å². The van der Waals surface area contributed by atoms with Gasteiger partial charge in [-0.05, 0) is 31.4 Å². The van der Waals surface area contributed by atoms with Crippen LogP contribution in [0, 0.1) is 5.92 Å². The summed E-state index contributed by atoms with van der Waals surface area (Å²) in [5.41, 5.74) is 7.59. The predicted molar refractivity (Wildman–Crippen MR) is 116 cm³/mol. The smallest absolute Gasteiger partial charge is 0.251 e. The van der Waals surface area contributed by atoms with E-state index in [0.29, 0.717) is 25.0 Å². The van der Waals surface area contributed by atoms with Crippen LogP contribution in [0.3, 0.4) is 0 Å². The number of nitrogens with one attached hydrogen (secondary N) is 1. The molecule has 0 aromatic carbocycles. The SMILES string of the molecule is Cl.Nc1nccc(C2CCN(C(=O)[C@H]3[C@@H]4CNC[C@@H](C4)c4cccc(=O)n43)CC2)n1. The van der Waals surface area contributed by atoms with Crippen molar-refractivity contribution in [1.82, 2.24) is 24.8 Å². The van der Waals surface area contributed by atoms with Gasteiger partial charge in [-0.15, -0.1) is 12.4 Å². The number of amides is 1. The van der Waals surface area contributed by atoms with E-state index in [0.717, 1.165) is 43.7 Å². The van der Waals surface area contributed by atoms with E-state index in [-0.39, 0.29) is 35.7 Å². The van der Waals surface area contributed by atoms with Gasteiger partial charge in [0, 0.05) is 67.6 Å². The first-order valence-corrected chi connectivity index (χ1v) is 10.4. The normalized spacial score (nSPS) is 25.9. The second kappa shape index (κ2) is 8.35. The van der Waals surface area contributed by atoms with Gasteiger partial charge in [-0.1, -0.05) is 6.07 Å². The minimum atomic E-state index is -0.408. The number of likely N-dealkylation sites (tertiary alicyclic amines) is 1. The Bertz CT molecular complexity index is 987. The maximum absolute atomic E-state index is 13.6. The van der Waals surface area contributed by atoms with E-state index in [1.54, 1.807) is 16.8 Å². The zero-order chi connectivity index (χ0) is 20.0. The summed E-state index contributed by atoms with van der Waals surface area (Å²) in [6.07, 6.45) is 4.34. The topological polar surface area (TPSA) is 106 Å². The van der Waals surface area contributed by atoms with Crippen LogP contribution in [0.25, 0.3) is 0 Å². The molecule has 2 fully saturated rings. The monoisotopic (exact) mass is 430 g/mol. The number of rotatable bonds is 2. The molecule has 30 heavy (non-hydrogen) atoms. The van der Waals surface area contributed by atoms with Crippen molar-refractivity contribution in [3.63, 3.8) is 0 Å². The Kier molecular flexibility index (Phi) is 5.79. The molecule has 3 aliphatic heterocycles. The summed E-state index contributed by atoms with van der Waals surface area (Å²) in [5, 5.41) is 3.46. The fraction of sp³-hybridized carbons (Fsp3) is 0.524. The molecule has 5 heterocycles. The Hall–Kier alpha value is -2.45. The lowest BCUT2D eigenvalue weighted by atomic mass is 9.78. The third kappa shape index (κ3) is 3.58. The number of carbonyl (C=O) groups excluding carboxylic acids is 1. The lowest BCUT2D eigenvalue weighted by Gasteiger charge is -2.44. The van der Waals surface area contributed by atoms with Crippen molar-refractivity contribution in [3.05, 3.63) is 52.2 Å². The second-order valence-corrected chi connectivity index (χ2v) is 8.39. The average molecular weight is 431 g/mol. The molecule has 2 aromatic heterocycles. The van der Waals surface area contributed by atoms with Crippen LogP contribution in [-0.4, -0.2) is 51.5 Å². The number of hydrogen-bond donors (Lipinski definition) is 2. The Morgan fingerprint density at radius 3 is 2.70 bits per heavy atom. The van der Waals surface area contributed by atoms with E-state index >= 15 is 0 Å². The molecule has 8 nitrogen and oxygen atoms in total. The van der Waals surface area contributed by atoms with Crippen LogP contribution in [0.1, 0.15) is 48.5 Å². The lowest BCUT2D eigenvalue weighted by molar-refractivity contribution is -0.138. The number of nitrogens with zero attached hydrogens (tertiary/aromatic N) is 4. The van der Waals surface area contributed by atoms with Gasteiger partial charge in [0.1, 0.15) is 6.04 Å². The molecule has 9 heteroatoms. The molecule has 2 aromatic rings. The van der Waals surface area contributed by atoms with Gasteiger partial charge < -0.3 is 16.0 Å². The number of hydrogen-bond acceptors (Lipinski definition) is 6. The Morgan fingerprint density at radius 2 is 1.93 bits per heavy atom. The number of fused-ring (bicyclic) bond motifs is 4. The van der Waals surface area contributed by atoms with E-state index in [1.165, 1.54) is 0 Å². The van der Waals surface area contributed by atoms with Crippen molar-refractivity contribution in [2.45, 2.75) is 37.1 Å². The van der Waals surface area contributed by atoms with Crippen molar-refractivity contribution in [2.24, 2.45) is 5.92 Å². The predicted octanol–water partition coefficient (Wildman–Crippen LogP) is 1.30. The zero-order valence-corrected chi connectivity index (χ0v) is 17.6. The summed E-state index contributed by atoms with van der Waals surface area (Å²) < 4.78 is 1.78. The summed E-state index contributed by atoms with van der Waals surface area (Å²) in [4.78, 5) is 36.5. The van der Waals surface area contributed by atoms with Crippen LogP contribution in [0.15, 0.2) is 35.3 Å². The molecule has 3 atom stereocenters. The van der Waals surface area contributed by atoms with Gasteiger partial charge in [-0.25, -0.2) is 9.97 Å². The highest BCUT2D eigenvalue weighted by molar-refractivity contribution is 5.85. The zero-order valence-electron chi connectivity index (χ0n) is 16.7. The van der Waals surface area contributed by atoms with Crippen molar-refractivity contribution < 1.29 is 4.79 Å². The van der Waals surface area contributed by atoms with Gasteiger partial charge in [0.2, 0.25) is 11.9 Å². The molecule has 0 saturated carbocycles. The number of aromatic nitrogens is 3. The van der Waals surface area contributed by atoms with Crippen LogP contribution in [-0.2, 0) is 4.79 Å². The van der Waals surface area contributed by atoms with Gasteiger partial charge in [0.15, 0.2) is 0 Å². The number of nitrogens with two attached hydrogens (primary N) is 1. The fourth-order valence-electron chi connectivity index (χ4n) is 5.31. The molecule has 3 aliphatic rings. The Balaban J connectivity index is 0.00000218. The minimum Gasteiger partial charge on any atom is -0.368 e. The third-order valence-corrected chi connectivity index (χ3v) is 6.72. The molecule has 2 bridgehead atoms. The van der Waals surface area contributed by atoms with Crippen LogP contribution in [0.5, 0.6) is 0 Å². The van der Waals surface area contributed by atoms with Crippen LogP contribution in [0.4, 0.5) is 5.95 Å². The van der Waals surface area contributed by atoms with Gasteiger partial charge in [-0.3, -0.25) is 14.2 Å². The first-order chi connectivity index (χ1) is 14.1.